The van der Waals surface area contributed by atoms with Crippen LogP contribution in [0.2, 0.25) is 0 Å². The summed E-state index contributed by atoms with van der Waals surface area (Å²) >= 11 is 0. The number of aldehydes is 1. The molecule has 0 aliphatic carbocycles. The first-order valence-electron chi connectivity index (χ1n) is 2.57. The molecule has 0 spiro atoms. The van der Waals surface area contributed by atoms with E-state index < -0.39 is 6.29 Å². The quantitative estimate of drug-likeness (QED) is 0.240. The van der Waals surface area contributed by atoms with E-state index in [4.69, 9.17) is 5.41 Å². The van der Waals surface area contributed by atoms with Crippen LogP contribution in [0.3, 0.4) is 0 Å². The Balaban J connectivity index is 4.24. The normalized spacial score (nSPS) is 9.10. The van der Waals surface area contributed by atoms with Crippen LogP contribution < -0.4 is 0 Å². The fourth-order valence-corrected chi connectivity index (χ4v) is 0.485. The average Bonchev–Trinajstić information content (AvgIpc) is 2.00. The van der Waals surface area contributed by atoms with Crippen LogP contribution in [0.4, 0.5) is 0 Å². The van der Waals surface area contributed by atoms with Crippen molar-refractivity contribution in [3.05, 3.63) is 11.0 Å². The van der Waals surface area contributed by atoms with Crippen LogP contribution in [0.5, 0.6) is 0 Å². The van der Waals surface area contributed by atoms with Gasteiger partial charge in [0.1, 0.15) is 0 Å². The molecule has 0 aliphatic rings. The Hall–Kier alpha value is -0.960. The van der Waals surface area contributed by atoms with Gasteiger partial charge in [-0.25, -0.2) is 0 Å². The number of hydrogen-bond donors (Lipinski definition) is 0. The topological polar surface area (TPSA) is 57.8 Å². The summed E-state index contributed by atoms with van der Waals surface area (Å²) in [5.41, 5.74) is -0.0648. The van der Waals surface area contributed by atoms with E-state index in [0.717, 1.165) is 0 Å². The zero-order chi connectivity index (χ0) is 7.98. The molecule has 0 rings (SSSR count). The zero-order valence-electron chi connectivity index (χ0n) is 5.83. The fourth-order valence-electron chi connectivity index (χ4n) is 0.485. The van der Waals surface area contributed by atoms with Crippen LogP contribution in [-0.2, 0) is 14.3 Å². The molecule has 0 aromatic carbocycles. The Morgan fingerprint density at radius 3 is 2.20 bits per heavy atom. The summed E-state index contributed by atoms with van der Waals surface area (Å²) in [7, 11) is 2.71. The van der Waals surface area contributed by atoms with Crippen molar-refractivity contribution >= 4 is 12.2 Å². The van der Waals surface area contributed by atoms with Gasteiger partial charge in [-0.3, -0.25) is 10.7 Å². The van der Waals surface area contributed by atoms with Gasteiger partial charge >= 0.3 is 0 Å². The first-order valence-corrected chi connectivity index (χ1v) is 2.57. The number of methoxy groups -OCH3 is 2. The predicted octanol–water partition coefficient (Wildman–Crippen LogP) is -0.0303. The monoisotopic (exact) mass is 142 g/mol. The first-order chi connectivity index (χ1) is 4.79. The third-order valence-corrected chi connectivity index (χ3v) is 0.938. The Morgan fingerprint density at radius 1 is 1.60 bits per heavy atom. The second-order valence-corrected chi connectivity index (χ2v) is 1.49. The highest BCUT2D eigenvalue weighted by molar-refractivity contribution is 5.89. The van der Waals surface area contributed by atoms with Crippen molar-refractivity contribution < 1.29 is 14.3 Å². The molecule has 10 heavy (non-hydrogen) atoms. The maximum absolute atomic E-state index is 10.1. The van der Waals surface area contributed by atoms with Gasteiger partial charge in [0, 0.05) is 14.2 Å². The molecule has 0 fully saturated rings. The molecule has 0 saturated carbocycles. The Bertz CT molecular complexity index is 156. The Kier molecular flexibility index (Phi) is 4.41. The summed E-state index contributed by atoms with van der Waals surface area (Å²) in [6.45, 7) is 0. The summed E-state index contributed by atoms with van der Waals surface area (Å²) in [5.74, 6) is 1.65. The Labute approximate surface area is 58.9 Å². The van der Waals surface area contributed by atoms with Crippen molar-refractivity contribution in [2.45, 2.75) is 6.29 Å². The smallest absolute Gasteiger partial charge is 0.191 e. The summed E-state index contributed by atoms with van der Waals surface area (Å²) in [4.78, 5) is 10.1. The third kappa shape index (κ3) is 2.11. The number of hydrogen-bond acceptors (Lipinski definition) is 3. The van der Waals surface area contributed by atoms with Gasteiger partial charge in [-0.05, 0) is 0 Å². The lowest BCUT2D eigenvalue weighted by Gasteiger charge is -2.11. The molecule has 0 aliphatic heterocycles. The van der Waals surface area contributed by atoms with Gasteiger partial charge in [0.2, 0.25) is 0 Å². The second-order valence-electron chi connectivity index (χ2n) is 1.49. The van der Waals surface area contributed by atoms with Crippen molar-refractivity contribution in [3.63, 3.8) is 0 Å². The van der Waals surface area contributed by atoms with E-state index in [1.54, 1.807) is 5.87 Å². The molecule has 4 nitrogen and oxygen atoms in total. The van der Waals surface area contributed by atoms with E-state index in [1.165, 1.54) is 14.2 Å². The van der Waals surface area contributed by atoms with Crippen LogP contribution in [0, 0.1) is 0 Å². The largest absolute Gasteiger partial charge is 0.763 e. The van der Waals surface area contributed by atoms with Gasteiger partial charge in [-0.1, -0.05) is 0 Å². The van der Waals surface area contributed by atoms with Crippen LogP contribution in [0.25, 0.3) is 5.41 Å². The molecule has 0 amide bonds. The minimum atomic E-state index is -0.831. The molecule has 0 aromatic heterocycles. The highest BCUT2D eigenvalue weighted by Gasteiger charge is 2.07. The average molecular weight is 142 g/mol. The van der Waals surface area contributed by atoms with Crippen molar-refractivity contribution in [1.29, 1.82) is 0 Å². The van der Waals surface area contributed by atoms with Crippen LogP contribution in [-0.4, -0.2) is 32.7 Å². The van der Waals surface area contributed by atoms with Crippen molar-refractivity contribution in [1.82, 2.24) is 0 Å². The molecule has 0 saturated heterocycles. The van der Waals surface area contributed by atoms with Crippen LogP contribution in [0.1, 0.15) is 0 Å². The van der Waals surface area contributed by atoms with Crippen LogP contribution in [0.15, 0.2) is 5.57 Å². The summed E-state index contributed by atoms with van der Waals surface area (Å²) in [6, 6.07) is 0. The van der Waals surface area contributed by atoms with E-state index in [0.29, 0.717) is 6.29 Å². The minimum absolute atomic E-state index is 0.0648. The minimum Gasteiger partial charge on any atom is -0.763 e. The van der Waals surface area contributed by atoms with E-state index >= 15 is 0 Å². The maximum Gasteiger partial charge on any atom is 0.191 e. The standard InChI is InChI=1S/C6H8NO3/c1-9-6(10-2)5(3-7)4-8/h4,6H,1-2H3/q-1. The Morgan fingerprint density at radius 2 is 2.10 bits per heavy atom. The van der Waals surface area contributed by atoms with E-state index in [1.807, 2.05) is 0 Å². The molecule has 0 N–H and O–H groups in total. The van der Waals surface area contributed by atoms with E-state index in [9.17, 15) is 4.79 Å². The fraction of sp³-hybridized carbons (Fsp3) is 0.500. The van der Waals surface area contributed by atoms with Crippen molar-refractivity contribution in [3.8, 4) is 0 Å². The lowest BCUT2D eigenvalue weighted by Crippen LogP contribution is -2.17. The molecule has 0 unspecified atom stereocenters. The first kappa shape index (κ1) is 9.04. The molecule has 4 heteroatoms. The van der Waals surface area contributed by atoms with Gasteiger partial charge < -0.3 is 14.9 Å². The SMILES string of the molecule is COC(OC)C(=C=[N-])C=O. The van der Waals surface area contributed by atoms with Crippen molar-refractivity contribution in [2.24, 2.45) is 0 Å². The van der Waals surface area contributed by atoms with Gasteiger partial charge in [0.05, 0.1) is 5.57 Å². The molecule has 0 aromatic rings. The molecule has 0 bridgehead atoms. The number of rotatable bonds is 4. The number of carbonyl (C=O) groups is 1. The van der Waals surface area contributed by atoms with Crippen molar-refractivity contribution in [2.75, 3.05) is 14.2 Å². The van der Waals surface area contributed by atoms with Gasteiger partial charge in [0.25, 0.3) is 0 Å². The second kappa shape index (κ2) is 4.88. The van der Waals surface area contributed by atoms with E-state index in [-0.39, 0.29) is 5.57 Å². The lowest BCUT2D eigenvalue weighted by molar-refractivity contribution is -0.112. The zero-order valence-corrected chi connectivity index (χ0v) is 5.83. The van der Waals surface area contributed by atoms with E-state index in [2.05, 4.69) is 9.47 Å². The summed E-state index contributed by atoms with van der Waals surface area (Å²) in [6.07, 6.45) is -0.417. The molecular weight excluding hydrogens is 134 g/mol. The van der Waals surface area contributed by atoms with Crippen LogP contribution >= 0.6 is 0 Å². The summed E-state index contributed by atoms with van der Waals surface area (Å²) in [5, 5.41) is 8.28. The molecular formula is C6H8NO3-. The number of carbonyl (C=O) groups excluding carboxylic acids is 1. The third-order valence-electron chi connectivity index (χ3n) is 0.938. The highest BCUT2D eigenvalue weighted by atomic mass is 16.7. The summed E-state index contributed by atoms with van der Waals surface area (Å²) < 4.78 is 9.26. The number of ether oxygens (including phenoxy) is 2. The van der Waals surface area contributed by atoms with Gasteiger partial charge in [0.15, 0.2) is 12.6 Å². The molecule has 0 radical (unpaired) electrons. The molecule has 0 heterocycles. The number of nitrogens with zero attached hydrogens (tertiary/aromatic N) is 1. The predicted molar refractivity (Wildman–Crippen MR) is 35.7 cm³/mol. The van der Waals surface area contributed by atoms with Gasteiger partial charge in [-0.15, -0.1) is 0 Å². The molecule has 56 valence electrons. The maximum atomic E-state index is 10.1. The lowest BCUT2D eigenvalue weighted by atomic mass is 10.3. The molecule has 0 atom stereocenters. The highest BCUT2D eigenvalue weighted by Crippen LogP contribution is 1.98. The van der Waals surface area contributed by atoms with Gasteiger partial charge in [-0.2, -0.15) is 0 Å².